The van der Waals surface area contributed by atoms with Crippen molar-refractivity contribution in [3.63, 3.8) is 0 Å². The molecule has 3 heteroatoms. The monoisotopic (exact) mass is 475 g/mol. The SMILES string of the molecule is CCCCCCCCCCCCCC(Oc1ccccc1)C(C)(C)N.I. The van der Waals surface area contributed by atoms with Gasteiger partial charge in [-0.3, -0.25) is 0 Å². The molecule has 1 aromatic rings. The van der Waals surface area contributed by atoms with Crippen molar-refractivity contribution >= 4 is 24.0 Å². The second-order valence-electron chi connectivity index (χ2n) is 8.07. The summed E-state index contributed by atoms with van der Waals surface area (Å²) in [6, 6.07) is 10.1. The number of unbranched alkanes of at least 4 members (excludes halogenated alkanes) is 10. The summed E-state index contributed by atoms with van der Waals surface area (Å²) in [6.45, 7) is 6.42. The Labute approximate surface area is 179 Å². The van der Waals surface area contributed by atoms with E-state index >= 15 is 0 Å². The maximum atomic E-state index is 6.33. The van der Waals surface area contributed by atoms with E-state index in [-0.39, 0.29) is 35.6 Å². The molecule has 26 heavy (non-hydrogen) atoms. The molecule has 0 saturated carbocycles. The van der Waals surface area contributed by atoms with Crippen molar-refractivity contribution in [1.82, 2.24) is 0 Å². The molecule has 0 bridgehead atoms. The average molecular weight is 475 g/mol. The molecule has 1 rings (SSSR count). The minimum absolute atomic E-state index is 0. The summed E-state index contributed by atoms with van der Waals surface area (Å²) in [4.78, 5) is 0. The van der Waals surface area contributed by atoms with Crippen LogP contribution in [0.2, 0.25) is 0 Å². The van der Waals surface area contributed by atoms with Gasteiger partial charge in [0.2, 0.25) is 0 Å². The third-order valence-corrected chi connectivity index (χ3v) is 4.92. The van der Waals surface area contributed by atoms with E-state index < -0.39 is 0 Å². The molecule has 0 saturated heterocycles. The summed E-state index contributed by atoms with van der Waals surface area (Å²) in [6.07, 6.45) is 16.2. The van der Waals surface area contributed by atoms with Gasteiger partial charge in [-0.2, -0.15) is 0 Å². The Hall–Kier alpha value is -0.290. The van der Waals surface area contributed by atoms with E-state index in [4.69, 9.17) is 10.5 Å². The van der Waals surface area contributed by atoms with Gasteiger partial charge in [-0.15, -0.1) is 24.0 Å². The summed E-state index contributed by atoms with van der Waals surface area (Å²) >= 11 is 0. The first-order valence-corrected chi connectivity index (χ1v) is 10.5. The van der Waals surface area contributed by atoms with Crippen LogP contribution in [-0.4, -0.2) is 11.6 Å². The molecule has 1 atom stereocenters. The van der Waals surface area contributed by atoms with E-state index in [2.05, 4.69) is 20.8 Å². The minimum atomic E-state index is -0.311. The predicted molar refractivity (Wildman–Crippen MR) is 126 cm³/mol. The van der Waals surface area contributed by atoms with Gasteiger partial charge in [0, 0.05) is 5.54 Å². The number of hydrogen-bond acceptors (Lipinski definition) is 2. The highest BCUT2D eigenvalue weighted by atomic mass is 127. The summed E-state index contributed by atoms with van der Waals surface area (Å²) < 4.78 is 6.15. The Morgan fingerprint density at radius 2 is 1.27 bits per heavy atom. The number of rotatable bonds is 15. The van der Waals surface area contributed by atoms with Gasteiger partial charge in [0.05, 0.1) is 0 Å². The summed E-state index contributed by atoms with van der Waals surface area (Å²) in [7, 11) is 0. The number of benzene rings is 1. The van der Waals surface area contributed by atoms with Gasteiger partial charge >= 0.3 is 0 Å². The van der Waals surface area contributed by atoms with E-state index in [9.17, 15) is 0 Å². The molecule has 152 valence electrons. The van der Waals surface area contributed by atoms with Crippen molar-refractivity contribution in [2.24, 2.45) is 5.73 Å². The van der Waals surface area contributed by atoms with Crippen LogP contribution in [-0.2, 0) is 0 Å². The highest BCUT2D eigenvalue weighted by Gasteiger charge is 2.26. The first kappa shape index (κ1) is 25.7. The van der Waals surface area contributed by atoms with Crippen molar-refractivity contribution < 1.29 is 4.74 Å². The van der Waals surface area contributed by atoms with Crippen molar-refractivity contribution in [2.75, 3.05) is 0 Å². The molecule has 1 aromatic carbocycles. The summed E-state index contributed by atoms with van der Waals surface area (Å²) in [5, 5.41) is 0. The zero-order valence-electron chi connectivity index (χ0n) is 17.3. The Balaban J connectivity index is 0.00000625. The van der Waals surface area contributed by atoms with Crippen molar-refractivity contribution in [3.8, 4) is 5.75 Å². The van der Waals surface area contributed by atoms with Crippen LogP contribution in [0.25, 0.3) is 0 Å². The summed E-state index contributed by atoms with van der Waals surface area (Å²) in [5.41, 5.74) is 6.02. The maximum Gasteiger partial charge on any atom is 0.119 e. The van der Waals surface area contributed by atoms with Gasteiger partial charge in [0.25, 0.3) is 0 Å². The molecule has 0 aromatic heterocycles. The number of para-hydroxylation sites is 1. The number of halogens is 1. The fourth-order valence-corrected chi connectivity index (χ4v) is 3.24. The third-order valence-electron chi connectivity index (χ3n) is 4.92. The topological polar surface area (TPSA) is 35.2 Å². The third kappa shape index (κ3) is 13.0. The highest BCUT2D eigenvalue weighted by molar-refractivity contribution is 14.0. The molecule has 0 amide bonds. The molecular weight excluding hydrogens is 433 g/mol. The van der Waals surface area contributed by atoms with Crippen LogP contribution in [0, 0.1) is 0 Å². The quantitative estimate of drug-likeness (QED) is 0.211. The minimum Gasteiger partial charge on any atom is -0.489 e. The zero-order chi connectivity index (χ0) is 18.4. The van der Waals surface area contributed by atoms with Crippen LogP contribution >= 0.6 is 24.0 Å². The molecule has 0 spiro atoms. The molecule has 0 aliphatic rings. The normalized spacial score (nSPS) is 12.5. The number of nitrogens with two attached hydrogens (primary N) is 1. The van der Waals surface area contributed by atoms with E-state index in [0.29, 0.717) is 0 Å². The van der Waals surface area contributed by atoms with Crippen molar-refractivity contribution in [1.29, 1.82) is 0 Å². The summed E-state index contributed by atoms with van der Waals surface area (Å²) in [5.74, 6) is 0.925. The lowest BCUT2D eigenvalue weighted by Crippen LogP contribution is -2.48. The maximum absolute atomic E-state index is 6.33. The molecule has 2 nitrogen and oxygen atoms in total. The fourth-order valence-electron chi connectivity index (χ4n) is 3.24. The second kappa shape index (κ2) is 15.7. The van der Waals surface area contributed by atoms with E-state index in [1.54, 1.807) is 0 Å². The van der Waals surface area contributed by atoms with Crippen LogP contribution in [0.5, 0.6) is 5.75 Å². The standard InChI is InChI=1S/C23H41NO.HI/c1-4-5-6-7-8-9-10-11-12-13-17-20-22(23(2,3)24)25-21-18-15-14-16-19-21;/h14-16,18-19,22H,4-13,17,20,24H2,1-3H3;1H. The first-order valence-electron chi connectivity index (χ1n) is 10.5. The lowest BCUT2D eigenvalue weighted by Gasteiger charge is -2.31. The number of hydrogen-bond donors (Lipinski definition) is 1. The van der Waals surface area contributed by atoms with Gasteiger partial charge in [-0.05, 0) is 38.8 Å². The fraction of sp³-hybridized carbons (Fsp3) is 0.739. The molecule has 0 aliphatic heterocycles. The van der Waals surface area contributed by atoms with E-state index in [0.717, 1.165) is 12.2 Å². The molecular formula is C23H42INO. The van der Waals surface area contributed by atoms with Crippen LogP contribution in [0.4, 0.5) is 0 Å². The average Bonchev–Trinajstić information content (AvgIpc) is 2.58. The van der Waals surface area contributed by atoms with Crippen LogP contribution in [0.1, 0.15) is 97.8 Å². The van der Waals surface area contributed by atoms with Gasteiger partial charge in [0.15, 0.2) is 0 Å². The van der Waals surface area contributed by atoms with Gasteiger partial charge in [-0.25, -0.2) is 0 Å². The smallest absolute Gasteiger partial charge is 0.119 e. The largest absolute Gasteiger partial charge is 0.489 e. The molecule has 0 radical (unpaired) electrons. The number of ether oxygens (including phenoxy) is 1. The predicted octanol–water partition coefficient (Wildman–Crippen LogP) is 7.49. The van der Waals surface area contributed by atoms with Crippen molar-refractivity contribution in [2.45, 2.75) is 109 Å². The van der Waals surface area contributed by atoms with Crippen molar-refractivity contribution in [3.05, 3.63) is 30.3 Å². The van der Waals surface area contributed by atoms with Crippen LogP contribution < -0.4 is 10.5 Å². The first-order chi connectivity index (χ1) is 12.0. The Morgan fingerprint density at radius 1 is 0.808 bits per heavy atom. The lowest BCUT2D eigenvalue weighted by molar-refractivity contribution is 0.117. The molecule has 0 fully saturated rings. The van der Waals surface area contributed by atoms with Crippen LogP contribution in [0.3, 0.4) is 0 Å². The van der Waals surface area contributed by atoms with Crippen LogP contribution in [0.15, 0.2) is 30.3 Å². The Morgan fingerprint density at radius 3 is 1.73 bits per heavy atom. The van der Waals surface area contributed by atoms with E-state index in [1.165, 1.54) is 70.6 Å². The second-order valence-corrected chi connectivity index (χ2v) is 8.07. The molecule has 0 aliphatic carbocycles. The highest BCUT2D eigenvalue weighted by Crippen LogP contribution is 2.21. The molecule has 0 heterocycles. The van der Waals surface area contributed by atoms with Gasteiger partial charge in [-0.1, -0.05) is 89.3 Å². The molecule has 2 N–H and O–H groups in total. The zero-order valence-corrected chi connectivity index (χ0v) is 19.7. The van der Waals surface area contributed by atoms with Gasteiger partial charge < -0.3 is 10.5 Å². The lowest BCUT2D eigenvalue weighted by atomic mass is 9.93. The Kier molecular flexibility index (Phi) is 15.6. The molecule has 1 unspecified atom stereocenters. The van der Waals surface area contributed by atoms with E-state index in [1.807, 2.05) is 30.3 Å². The van der Waals surface area contributed by atoms with Gasteiger partial charge in [0.1, 0.15) is 11.9 Å². The Bertz CT molecular complexity index is 416.